The standard InChI is InChI=1S/C27H45N7O8.C21H36N8O6.CH3Cl/c1-14(35)19(36)16-12-17-20(29-13-16)32-23(33-21(17)37)34-22(38)18(31-25(40)42-27(6,7)8)10-9-11-28-15(2)30-24(39)41-26(3,4)5;1-10(30)14(31)11-8-12-15(25-9-11)27-19(28-16(12)32)29-17(33)13(6-5-7-24-18(22)23)26-20(34)35-21(2,3)4;1-2/h14,16,18-19,28,35-36H,2,9-13H2,1,3-8H3,(H,30,39)(H,31,40)(H3,29,32,33,34,37,38);10-11,13-14,30-31H,5-9H2,1-4H3,(H,26,34)(H4,22,23,24)(H3,25,27,28,29,32,33);1H3/t14-,16?,18-,19-;10-,11?,13-,14-;/m00./s1. The Morgan fingerprint density at radius 1 is 0.684 bits per heavy atom. The van der Waals surface area contributed by atoms with Crippen molar-refractivity contribution in [3.05, 3.63) is 44.2 Å². The Morgan fingerprint density at radius 3 is 1.43 bits per heavy atom. The van der Waals surface area contributed by atoms with Gasteiger partial charge in [-0.25, -0.2) is 14.4 Å². The molecule has 4 rings (SSSR count). The first-order valence-corrected chi connectivity index (χ1v) is 26.3. The molecule has 446 valence electrons. The van der Waals surface area contributed by atoms with Crippen molar-refractivity contribution in [2.45, 2.75) is 168 Å². The maximum absolute atomic E-state index is 13.2. The maximum Gasteiger partial charge on any atom is 0.413 e. The number of aliphatic hydroxyl groups is 4. The van der Waals surface area contributed by atoms with Gasteiger partial charge in [0, 0.05) is 44.4 Å². The van der Waals surface area contributed by atoms with Gasteiger partial charge in [-0.3, -0.25) is 50.1 Å². The van der Waals surface area contributed by atoms with Gasteiger partial charge in [-0.2, -0.15) is 9.97 Å². The van der Waals surface area contributed by atoms with Crippen LogP contribution < -0.4 is 65.1 Å². The molecule has 2 unspecified atom stereocenters. The number of H-pyrrole nitrogens is 2. The summed E-state index contributed by atoms with van der Waals surface area (Å²) >= 11 is 4.64. The number of halogens is 1. The normalized spacial score (nSPS) is 16.9. The van der Waals surface area contributed by atoms with Gasteiger partial charge in [-0.05, 0) is 115 Å². The van der Waals surface area contributed by atoms with Crippen molar-refractivity contribution in [1.82, 2.24) is 41.2 Å². The molecule has 79 heavy (non-hydrogen) atoms. The van der Waals surface area contributed by atoms with Crippen LogP contribution in [0.5, 0.6) is 0 Å². The minimum absolute atomic E-state index is 0.0855. The molecule has 2 aromatic heterocycles. The number of aromatic nitrogens is 4. The zero-order valence-electron chi connectivity index (χ0n) is 47.1. The number of fused-ring (bicyclic) bond motifs is 2. The molecule has 2 aliphatic heterocycles. The highest BCUT2D eigenvalue weighted by Crippen LogP contribution is 2.26. The van der Waals surface area contributed by atoms with Crippen LogP contribution in [-0.2, 0) is 36.6 Å². The molecule has 0 bridgehead atoms. The van der Waals surface area contributed by atoms with Crippen LogP contribution in [0.4, 0.5) is 37.9 Å². The SMILES string of the molecule is C=C(NCCC[C@H](NC(=O)OC(C)(C)C)C(=O)Nc1nc2c(c(=O)[nH]1)CC([C@@H](O)[C@H](C)O)CN2)NC(=O)OC(C)(C)C.CCl.C[C@H](O)[C@H](O)C1CNc2nc(NC(=O)[C@H](CCCN=C(N)N)NC(=O)OC(C)(C)C)[nH]c(=O)c2C1. The lowest BCUT2D eigenvalue weighted by Gasteiger charge is -2.30. The number of carbonyl (C=O) groups excluding carboxylic acids is 5. The number of nitrogens with zero attached hydrogens (tertiary/aromatic N) is 3. The van der Waals surface area contributed by atoms with Crippen molar-refractivity contribution in [2.75, 3.05) is 53.8 Å². The first-order valence-electron chi connectivity index (χ1n) is 25.5. The number of nitrogens with two attached hydrogens (primary N) is 2. The van der Waals surface area contributed by atoms with Crippen LogP contribution in [-0.4, -0.2) is 162 Å². The lowest BCUT2D eigenvalue weighted by atomic mass is 9.89. The molecule has 2 aromatic rings. The van der Waals surface area contributed by atoms with Gasteiger partial charge in [-0.15, -0.1) is 11.6 Å². The summed E-state index contributed by atoms with van der Waals surface area (Å²) in [5, 5.41) is 61.0. The van der Waals surface area contributed by atoms with E-state index in [9.17, 15) is 54.0 Å². The van der Waals surface area contributed by atoms with Crippen molar-refractivity contribution in [3.8, 4) is 0 Å². The minimum Gasteiger partial charge on any atom is -0.444 e. The van der Waals surface area contributed by atoms with Gasteiger partial charge in [0.05, 0.1) is 35.5 Å². The van der Waals surface area contributed by atoms with Crippen molar-refractivity contribution < 1.29 is 58.6 Å². The molecule has 5 amide bonds. The quantitative estimate of drug-likeness (QED) is 0.0290. The van der Waals surface area contributed by atoms with E-state index in [-0.39, 0.29) is 86.5 Å². The summed E-state index contributed by atoms with van der Waals surface area (Å²) in [5.74, 6) is -1.65. The van der Waals surface area contributed by atoms with E-state index in [0.29, 0.717) is 30.5 Å². The Hall–Kier alpha value is -6.95. The number of ether oxygens (including phenoxy) is 3. The zero-order chi connectivity index (χ0) is 60.2. The number of guanidine groups is 1. The van der Waals surface area contributed by atoms with Gasteiger partial charge in [0.1, 0.15) is 46.3 Å². The van der Waals surface area contributed by atoms with Crippen molar-refractivity contribution in [3.63, 3.8) is 0 Å². The molecule has 29 nitrogen and oxygen atoms in total. The summed E-state index contributed by atoms with van der Waals surface area (Å²) in [7, 11) is 0. The van der Waals surface area contributed by atoms with E-state index in [4.69, 9.17) is 25.7 Å². The average molecular weight is 1140 g/mol. The number of aliphatic imine (C=N–C) groups is 1. The number of aromatic amines is 2. The predicted octanol–water partition coefficient (Wildman–Crippen LogP) is 1.13. The van der Waals surface area contributed by atoms with Crippen LogP contribution in [0.25, 0.3) is 0 Å². The molecule has 2 aliphatic rings. The number of alkyl halides is 1. The van der Waals surface area contributed by atoms with E-state index in [0.717, 1.165) is 0 Å². The van der Waals surface area contributed by atoms with E-state index in [1.807, 2.05) is 0 Å². The van der Waals surface area contributed by atoms with E-state index in [1.54, 1.807) is 62.3 Å². The summed E-state index contributed by atoms with van der Waals surface area (Å²) in [5.41, 5.74) is 7.99. The molecule has 18 N–H and O–H groups in total. The highest BCUT2D eigenvalue weighted by atomic mass is 35.5. The van der Waals surface area contributed by atoms with Crippen LogP contribution in [0.3, 0.4) is 0 Å². The van der Waals surface area contributed by atoms with Crippen molar-refractivity contribution >= 4 is 71.2 Å². The largest absolute Gasteiger partial charge is 0.444 e. The number of hydrogen-bond acceptors (Lipinski definition) is 20. The first-order chi connectivity index (χ1) is 36.6. The maximum atomic E-state index is 13.2. The van der Waals surface area contributed by atoms with Crippen LogP contribution >= 0.6 is 11.6 Å². The number of rotatable bonds is 20. The van der Waals surface area contributed by atoms with E-state index < -0.39 is 100 Å². The Balaban J connectivity index is 0.000000532. The third kappa shape index (κ3) is 25.2. The average Bonchev–Trinajstić information content (AvgIpc) is 3.32. The molecule has 0 radical (unpaired) electrons. The third-order valence-electron chi connectivity index (χ3n) is 11.1. The molecule has 0 aromatic carbocycles. The lowest BCUT2D eigenvalue weighted by Crippen LogP contribution is -2.46. The molecular formula is C49H84ClN15O14. The van der Waals surface area contributed by atoms with Gasteiger partial charge in [0.2, 0.25) is 23.7 Å². The molecule has 30 heteroatoms. The minimum atomic E-state index is -1.06. The van der Waals surface area contributed by atoms with Crippen molar-refractivity contribution in [1.29, 1.82) is 0 Å². The number of carbonyl (C=O) groups is 5. The molecule has 8 atom stereocenters. The monoisotopic (exact) mass is 1140 g/mol. The second kappa shape index (κ2) is 31.0. The summed E-state index contributed by atoms with van der Waals surface area (Å²) in [4.78, 5) is 105. The molecule has 0 saturated heterocycles. The zero-order valence-corrected chi connectivity index (χ0v) is 47.9. The molecule has 0 spiro atoms. The second-order valence-electron chi connectivity index (χ2n) is 21.6. The Bertz CT molecular complexity index is 2520. The van der Waals surface area contributed by atoms with Gasteiger partial charge in [-0.1, -0.05) is 6.58 Å². The summed E-state index contributed by atoms with van der Waals surface area (Å²) < 4.78 is 15.7. The predicted molar refractivity (Wildman–Crippen MR) is 297 cm³/mol. The van der Waals surface area contributed by atoms with Gasteiger partial charge >= 0.3 is 18.3 Å². The molecule has 0 saturated carbocycles. The van der Waals surface area contributed by atoms with Crippen LogP contribution in [0.1, 0.15) is 113 Å². The van der Waals surface area contributed by atoms with Crippen molar-refractivity contribution in [2.24, 2.45) is 28.3 Å². The summed E-state index contributed by atoms with van der Waals surface area (Å²) in [6.07, 6.45) is -3.23. The fourth-order valence-electron chi connectivity index (χ4n) is 7.55. The number of alkyl carbamates (subject to hydrolysis) is 3. The van der Waals surface area contributed by atoms with E-state index >= 15 is 0 Å². The van der Waals surface area contributed by atoms with Gasteiger partial charge < -0.3 is 72.7 Å². The fraction of sp³-hybridized carbons (Fsp3) is 0.673. The van der Waals surface area contributed by atoms with E-state index in [2.05, 4.69) is 85.6 Å². The Kier molecular flexibility index (Phi) is 26.7. The third-order valence-corrected chi connectivity index (χ3v) is 11.1. The summed E-state index contributed by atoms with van der Waals surface area (Å²) in [6.45, 7) is 23.1. The molecule has 0 aliphatic carbocycles. The van der Waals surface area contributed by atoms with Gasteiger partial charge in [0.25, 0.3) is 11.1 Å². The number of nitrogens with one attached hydrogen (secondary N) is 10. The second-order valence-corrected chi connectivity index (χ2v) is 21.6. The van der Waals surface area contributed by atoms with Crippen LogP contribution in [0.2, 0.25) is 0 Å². The van der Waals surface area contributed by atoms with Gasteiger partial charge in [0.15, 0.2) is 5.96 Å². The smallest absolute Gasteiger partial charge is 0.413 e. The Labute approximate surface area is 464 Å². The molecule has 0 fully saturated rings. The van der Waals surface area contributed by atoms with E-state index in [1.165, 1.54) is 20.2 Å². The van der Waals surface area contributed by atoms with Crippen LogP contribution in [0, 0.1) is 11.8 Å². The Morgan fingerprint density at radius 2 is 1.06 bits per heavy atom. The van der Waals surface area contributed by atoms with Crippen LogP contribution in [0.15, 0.2) is 27.0 Å². The summed E-state index contributed by atoms with van der Waals surface area (Å²) in [6, 6.07) is -2.08. The number of amides is 5. The first kappa shape index (κ1) is 68.2. The fourth-order valence-corrected chi connectivity index (χ4v) is 7.55. The number of anilines is 4. The molecule has 4 heterocycles. The highest BCUT2D eigenvalue weighted by Gasteiger charge is 2.33. The number of hydrogen-bond donors (Lipinski definition) is 16. The highest BCUT2D eigenvalue weighted by molar-refractivity contribution is 6.15. The lowest BCUT2D eigenvalue weighted by molar-refractivity contribution is -0.119. The number of aliphatic hydroxyl groups excluding tert-OH is 4. The molecular weight excluding hydrogens is 1060 g/mol. The topological polar surface area (TPSA) is 446 Å².